The number of carbonyl (C=O) groups excluding carboxylic acids is 2. The molecular formula is C29H27N5O4. The SMILES string of the molecule is CC1=NN(c2ccc(C)cc2)C(=O)[C@H]1C(c1cccc([N+](=O)[O-])c1)[C@@H]1C(=O)N(c2ccc(C)cc2)N=C1C. The van der Waals surface area contributed by atoms with E-state index in [4.69, 9.17) is 0 Å². The molecule has 2 aliphatic heterocycles. The number of amides is 2. The molecule has 0 fully saturated rings. The van der Waals surface area contributed by atoms with Crippen molar-refractivity contribution in [2.75, 3.05) is 10.0 Å². The fraction of sp³-hybridized carbons (Fsp3) is 0.241. The first-order chi connectivity index (χ1) is 18.2. The zero-order chi connectivity index (χ0) is 27.1. The van der Waals surface area contributed by atoms with Gasteiger partial charge in [0.1, 0.15) is 0 Å². The largest absolute Gasteiger partial charge is 0.272 e. The third-order valence-corrected chi connectivity index (χ3v) is 7.11. The molecule has 0 aliphatic carbocycles. The molecule has 9 nitrogen and oxygen atoms in total. The number of nitro benzene ring substituents is 1. The van der Waals surface area contributed by atoms with Gasteiger partial charge in [0, 0.05) is 29.5 Å². The monoisotopic (exact) mass is 509 g/mol. The first kappa shape index (κ1) is 25.0. The molecule has 5 rings (SSSR count). The molecule has 0 spiro atoms. The summed E-state index contributed by atoms with van der Waals surface area (Å²) < 4.78 is 0. The molecule has 2 atom stereocenters. The van der Waals surface area contributed by atoms with Crippen LogP contribution in [0.3, 0.4) is 0 Å². The average molecular weight is 510 g/mol. The van der Waals surface area contributed by atoms with Crippen LogP contribution in [0.25, 0.3) is 0 Å². The van der Waals surface area contributed by atoms with E-state index in [2.05, 4.69) is 10.2 Å². The molecule has 0 saturated heterocycles. The van der Waals surface area contributed by atoms with Crippen LogP contribution in [0.4, 0.5) is 17.1 Å². The van der Waals surface area contributed by atoms with Gasteiger partial charge in [0.2, 0.25) is 0 Å². The van der Waals surface area contributed by atoms with E-state index in [-0.39, 0.29) is 17.5 Å². The normalized spacial score (nSPS) is 19.3. The van der Waals surface area contributed by atoms with Crippen LogP contribution in [0.2, 0.25) is 0 Å². The summed E-state index contributed by atoms with van der Waals surface area (Å²) in [5.41, 5.74) is 4.78. The summed E-state index contributed by atoms with van der Waals surface area (Å²) in [5, 5.41) is 23.5. The molecule has 0 radical (unpaired) electrons. The summed E-state index contributed by atoms with van der Waals surface area (Å²) in [6.07, 6.45) is 0. The van der Waals surface area contributed by atoms with Crippen LogP contribution >= 0.6 is 0 Å². The smallest absolute Gasteiger partial charge is 0.269 e. The van der Waals surface area contributed by atoms with Gasteiger partial charge in [0.25, 0.3) is 17.5 Å². The van der Waals surface area contributed by atoms with Crippen LogP contribution < -0.4 is 10.0 Å². The summed E-state index contributed by atoms with van der Waals surface area (Å²) >= 11 is 0. The van der Waals surface area contributed by atoms with Gasteiger partial charge < -0.3 is 0 Å². The van der Waals surface area contributed by atoms with Gasteiger partial charge in [-0.05, 0) is 57.5 Å². The number of carbonyl (C=O) groups is 2. The van der Waals surface area contributed by atoms with E-state index in [1.165, 1.54) is 22.2 Å². The highest BCUT2D eigenvalue weighted by atomic mass is 16.6. The molecular weight excluding hydrogens is 482 g/mol. The Balaban J connectivity index is 1.59. The summed E-state index contributed by atoms with van der Waals surface area (Å²) in [7, 11) is 0. The molecule has 0 saturated carbocycles. The van der Waals surface area contributed by atoms with Crippen LogP contribution in [0.1, 0.15) is 36.5 Å². The van der Waals surface area contributed by atoms with Crippen molar-refractivity contribution < 1.29 is 14.5 Å². The summed E-state index contributed by atoms with van der Waals surface area (Å²) in [6, 6.07) is 21.0. The number of benzene rings is 3. The Morgan fingerprint density at radius 2 is 1.18 bits per heavy atom. The van der Waals surface area contributed by atoms with Crippen molar-refractivity contribution in [3.63, 3.8) is 0 Å². The second-order valence-corrected chi connectivity index (χ2v) is 9.79. The van der Waals surface area contributed by atoms with Crippen molar-refractivity contribution in [2.45, 2.75) is 33.6 Å². The number of aryl methyl sites for hydroxylation is 2. The molecule has 2 heterocycles. The second kappa shape index (κ2) is 9.66. The third-order valence-electron chi connectivity index (χ3n) is 7.11. The summed E-state index contributed by atoms with van der Waals surface area (Å²) in [4.78, 5) is 38.9. The molecule has 192 valence electrons. The number of rotatable bonds is 6. The van der Waals surface area contributed by atoms with Crippen molar-refractivity contribution >= 4 is 40.3 Å². The highest BCUT2D eigenvalue weighted by Gasteiger charge is 2.50. The van der Waals surface area contributed by atoms with E-state index in [1.807, 2.05) is 62.4 Å². The molecule has 0 aromatic heterocycles. The quantitative estimate of drug-likeness (QED) is 0.329. The molecule has 0 unspecified atom stereocenters. The number of anilines is 2. The van der Waals surface area contributed by atoms with Crippen LogP contribution in [0.15, 0.2) is 83.0 Å². The van der Waals surface area contributed by atoms with E-state index in [0.717, 1.165) is 11.1 Å². The van der Waals surface area contributed by atoms with Crippen LogP contribution in [-0.2, 0) is 9.59 Å². The van der Waals surface area contributed by atoms with Crippen molar-refractivity contribution in [3.8, 4) is 0 Å². The van der Waals surface area contributed by atoms with E-state index in [0.29, 0.717) is 28.4 Å². The van der Waals surface area contributed by atoms with Gasteiger partial charge in [0.15, 0.2) is 0 Å². The van der Waals surface area contributed by atoms with Gasteiger partial charge >= 0.3 is 0 Å². The number of nitro groups is 1. The number of nitrogens with zero attached hydrogens (tertiary/aromatic N) is 5. The molecule has 0 N–H and O–H groups in total. The highest BCUT2D eigenvalue weighted by Crippen LogP contribution is 2.43. The maximum Gasteiger partial charge on any atom is 0.269 e. The lowest BCUT2D eigenvalue weighted by Gasteiger charge is -2.28. The predicted molar refractivity (Wildman–Crippen MR) is 146 cm³/mol. The summed E-state index contributed by atoms with van der Waals surface area (Å²) in [5.74, 6) is -2.95. The lowest BCUT2D eigenvalue weighted by atomic mass is 9.73. The van der Waals surface area contributed by atoms with Gasteiger partial charge in [-0.2, -0.15) is 10.2 Å². The predicted octanol–water partition coefficient (Wildman–Crippen LogP) is 5.37. The number of hydrogen-bond acceptors (Lipinski definition) is 6. The number of non-ortho nitro benzene ring substituents is 1. The van der Waals surface area contributed by atoms with E-state index < -0.39 is 22.7 Å². The Bertz CT molecular complexity index is 1410. The average Bonchev–Trinajstić information content (AvgIpc) is 3.36. The van der Waals surface area contributed by atoms with E-state index >= 15 is 0 Å². The molecule has 9 heteroatoms. The standard InChI is InChI=1S/C29H27N5O4/c1-17-8-12-22(13-9-17)32-28(35)25(19(3)30-32)27(21-6-5-7-24(16-21)34(37)38)26-20(4)31-33(29(26)36)23-14-10-18(2)11-15-23/h5-16,25-27H,1-4H3/t25-,26-/m1/s1. The zero-order valence-corrected chi connectivity index (χ0v) is 21.5. The molecule has 38 heavy (non-hydrogen) atoms. The lowest BCUT2D eigenvalue weighted by molar-refractivity contribution is -0.384. The van der Waals surface area contributed by atoms with Crippen LogP contribution in [0.5, 0.6) is 0 Å². The van der Waals surface area contributed by atoms with Crippen LogP contribution in [0, 0.1) is 35.8 Å². The second-order valence-electron chi connectivity index (χ2n) is 9.79. The summed E-state index contributed by atoms with van der Waals surface area (Å²) in [6.45, 7) is 7.42. The Morgan fingerprint density at radius 3 is 1.61 bits per heavy atom. The van der Waals surface area contributed by atoms with E-state index in [1.54, 1.807) is 26.0 Å². The minimum Gasteiger partial charge on any atom is -0.272 e. The molecule has 2 aliphatic rings. The van der Waals surface area contributed by atoms with Gasteiger partial charge in [-0.1, -0.05) is 47.5 Å². The first-order valence-electron chi connectivity index (χ1n) is 12.3. The molecule has 3 aromatic carbocycles. The van der Waals surface area contributed by atoms with Crippen molar-refractivity contribution in [1.82, 2.24) is 0 Å². The maximum absolute atomic E-state index is 13.9. The fourth-order valence-corrected chi connectivity index (χ4v) is 5.15. The fourth-order valence-electron chi connectivity index (χ4n) is 5.15. The van der Waals surface area contributed by atoms with Crippen molar-refractivity contribution in [1.29, 1.82) is 0 Å². The minimum absolute atomic E-state index is 0.113. The zero-order valence-electron chi connectivity index (χ0n) is 21.5. The van der Waals surface area contributed by atoms with Gasteiger partial charge in [-0.25, -0.2) is 10.0 Å². The van der Waals surface area contributed by atoms with Gasteiger partial charge in [0.05, 0.1) is 28.1 Å². The van der Waals surface area contributed by atoms with Crippen molar-refractivity contribution in [2.24, 2.45) is 22.0 Å². The number of hydrazone groups is 2. The Kier molecular flexibility index (Phi) is 6.36. The Labute approximate surface area is 220 Å². The maximum atomic E-state index is 13.9. The molecule has 3 aromatic rings. The first-order valence-corrected chi connectivity index (χ1v) is 12.3. The minimum atomic E-state index is -0.810. The van der Waals surface area contributed by atoms with Gasteiger partial charge in [-0.15, -0.1) is 0 Å². The van der Waals surface area contributed by atoms with Gasteiger partial charge in [-0.3, -0.25) is 19.7 Å². The highest BCUT2D eigenvalue weighted by molar-refractivity contribution is 6.19. The van der Waals surface area contributed by atoms with E-state index in [9.17, 15) is 19.7 Å². The van der Waals surface area contributed by atoms with Crippen molar-refractivity contribution in [3.05, 3.63) is 99.6 Å². The Hall–Kier alpha value is -4.66. The van der Waals surface area contributed by atoms with Crippen LogP contribution in [-0.4, -0.2) is 28.2 Å². The molecule has 2 amide bonds. The Morgan fingerprint density at radius 1 is 0.737 bits per heavy atom. The third kappa shape index (κ3) is 4.36. The lowest BCUT2D eigenvalue weighted by Crippen LogP contribution is -2.40. The number of hydrogen-bond donors (Lipinski definition) is 0. The molecule has 0 bridgehead atoms. The topological polar surface area (TPSA) is 108 Å².